The molecule has 2 N–H and O–H groups in total. The van der Waals surface area contributed by atoms with Gasteiger partial charge < -0.3 is 10.1 Å². The summed E-state index contributed by atoms with van der Waals surface area (Å²) in [5, 5.41) is 10.8. The number of nitrogens with zero attached hydrogens (tertiary/aromatic N) is 1. The average Bonchev–Trinajstić information content (AvgIpc) is 2.54. The average molecular weight is 339 g/mol. The van der Waals surface area contributed by atoms with Crippen molar-refractivity contribution in [1.82, 2.24) is 10.0 Å². The fourth-order valence-corrected chi connectivity index (χ4v) is 2.57. The molecule has 0 bridgehead atoms. The Hall–Kier alpha value is -2.44. The number of nitrogens with one attached hydrogen (secondary N) is 2. The molecule has 0 radical (unpaired) electrons. The van der Waals surface area contributed by atoms with E-state index in [1.807, 2.05) is 6.07 Å². The Balaban J connectivity index is 2.64. The van der Waals surface area contributed by atoms with Crippen LogP contribution in [-0.2, 0) is 19.6 Å². The lowest BCUT2D eigenvalue weighted by Crippen LogP contribution is -2.24. The first kappa shape index (κ1) is 18.6. The van der Waals surface area contributed by atoms with Crippen LogP contribution in [0.1, 0.15) is 23.2 Å². The van der Waals surface area contributed by atoms with Crippen molar-refractivity contribution >= 4 is 21.9 Å². The van der Waals surface area contributed by atoms with E-state index in [1.54, 1.807) is 0 Å². The highest BCUT2D eigenvalue weighted by Gasteiger charge is 2.15. The van der Waals surface area contributed by atoms with Crippen molar-refractivity contribution in [3.63, 3.8) is 0 Å². The third kappa shape index (κ3) is 6.06. The van der Waals surface area contributed by atoms with E-state index in [9.17, 15) is 18.0 Å². The molecular formula is C14H17N3O5S. The highest BCUT2D eigenvalue weighted by atomic mass is 32.2. The molecule has 0 saturated heterocycles. The number of carbonyl (C=O) groups excluding carboxylic acids is 2. The minimum atomic E-state index is -3.71. The zero-order valence-corrected chi connectivity index (χ0v) is 13.4. The van der Waals surface area contributed by atoms with Gasteiger partial charge in [-0.3, -0.25) is 4.79 Å². The molecule has 8 nitrogen and oxygen atoms in total. The third-order valence-electron chi connectivity index (χ3n) is 2.77. The Labute approximate surface area is 134 Å². The first-order valence-electron chi connectivity index (χ1n) is 6.75. The van der Waals surface area contributed by atoms with Gasteiger partial charge in [0.15, 0.2) is 0 Å². The van der Waals surface area contributed by atoms with Crippen LogP contribution in [0.15, 0.2) is 29.2 Å². The van der Waals surface area contributed by atoms with E-state index in [0.717, 1.165) is 0 Å². The van der Waals surface area contributed by atoms with Crippen LogP contribution in [0.5, 0.6) is 0 Å². The van der Waals surface area contributed by atoms with Crippen LogP contribution in [-0.4, -0.2) is 40.5 Å². The van der Waals surface area contributed by atoms with E-state index in [4.69, 9.17) is 10.00 Å². The summed E-state index contributed by atoms with van der Waals surface area (Å²) in [7, 11) is -2.23. The fraction of sp³-hybridized carbons (Fsp3) is 0.357. The number of ether oxygens (including phenoxy) is 1. The summed E-state index contributed by atoms with van der Waals surface area (Å²) in [6.07, 6.45) is 0.118. The van der Waals surface area contributed by atoms with Crippen molar-refractivity contribution < 1.29 is 22.7 Å². The number of rotatable bonds is 8. The molecule has 1 amide bonds. The number of hydrogen-bond donors (Lipinski definition) is 2. The number of benzene rings is 1. The van der Waals surface area contributed by atoms with Crippen molar-refractivity contribution in [2.75, 3.05) is 20.2 Å². The molecule has 1 aromatic carbocycles. The Morgan fingerprint density at radius 1 is 1.26 bits per heavy atom. The Morgan fingerprint density at radius 2 is 1.91 bits per heavy atom. The van der Waals surface area contributed by atoms with E-state index < -0.39 is 16.0 Å². The van der Waals surface area contributed by atoms with Gasteiger partial charge in [-0.2, -0.15) is 5.26 Å². The summed E-state index contributed by atoms with van der Waals surface area (Å²) in [4.78, 5) is 22.7. The van der Waals surface area contributed by atoms with E-state index >= 15 is 0 Å². The lowest BCUT2D eigenvalue weighted by atomic mass is 10.2. The molecule has 0 atom stereocenters. The maximum Gasteiger partial charge on any atom is 0.338 e. The molecule has 1 aromatic rings. The van der Waals surface area contributed by atoms with Crippen LogP contribution in [0.2, 0.25) is 0 Å². The van der Waals surface area contributed by atoms with Crippen LogP contribution in [0, 0.1) is 11.3 Å². The number of carbonyl (C=O) groups is 2. The lowest BCUT2D eigenvalue weighted by molar-refractivity contribution is -0.121. The SMILES string of the molecule is CNC(=O)CCOC(=O)c1ccc(S(=O)(=O)NCCC#N)cc1. The third-order valence-corrected chi connectivity index (χ3v) is 4.25. The standard InChI is InChI=1S/C14H17N3O5S/c1-16-13(18)7-10-22-14(19)11-3-5-12(6-4-11)23(20,21)17-9-2-8-15/h3-6,17H,2,7,9-10H2,1H3,(H,16,18). The van der Waals surface area contributed by atoms with Gasteiger partial charge in [-0.1, -0.05) is 0 Å². The molecule has 23 heavy (non-hydrogen) atoms. The van der Waals surface area contributed by atoms with Crippen molar-refractivity contribution in [2.24, 2.45) is 0 Å². The van der Waals surface area contributed by atoms with Gasteiger partial charge in [0.05, 0.1) is 22.9 Å². The van der Waals surface area contributed by atoms with E-state index in [0.29, 0.717) is 0 Å². The summed E-state index contributed by atoms with van der Waals surface area (Å²) in [6.45, 7) is -0.0452. The Morgan fingerprint density at radius 3 is 2.48 bits per heavy atom. The van der Waals surface area contributed by atoms with Crippen molar-refractivity contribution in [3.8, 4) is 6.07 Å². The second-order valence-electron chi connectivity index (χ2n) is 4.39. The van der Waals surface area contributed by atoms with Gasteiger partial charge >= 0.3 is 5.97 Å². The minimum Gasteiger partial charge on any atom is -0.462 e. The first-order valence-corrected chi connectivity index (χ1v) is 8.23. The Kier molecular flexibility index (Phi) is 7.18. The van der Waals surface area contributed by atoms with Crippen molar-refractivity contribution in [2.45, 2.75) is 17.7 Å². The number of esters is 1. The predicted octanol–water partition coefficient (Wildman–Crippen LogP) is 0.171. The minimum absolute atomic E-state index is 0.0160. The molecular weight excluding hydrogens is 322 g/mol. The second kappa shape index (κ2) is 8.87. The monoisotopic (exact) mass is 339 g/mol. The van der Waals surface area contributed by atoms with Gasteiger partial charge in [-0.15, -0.1) is 0 Å². The smallest absolute Gasteiger partial charge is 0.338 e. The van der Waals surface area contributed by atoms with Crippen LogP contribution in [0.3, 0.4) is 0 Å². The molecule has 0 aliphatic heterocycles. The second-order valence-corrected chi connectivity index (χ2v) is 6.16. The largest absolute Gasteiger partial charge is 0.462 e. The zero-order valence-electron chi connectivity index (χ0n) is 12.5. The van der Waals surface area contributed by atoms with Gasteiger partial charge in [0, 0.05) is 20.0 Å². The lowest BCUT2D eigenvalue weighted by Gasteiger charge is -2.07. The maximum atomic E-state index is 11.9. The summed E-state index contributed by atoms with van der Waals surface area (Å²) in [6, 6.07) is 7.01. The fourth-order valence-electron chi connectivity index (χ4n) is 1.54. The zero-order chi connectivity index (χ0) is 17.3. The molecule has 9 heteroatoms. The molecule has 0 heterocycles. The highest BCUT2D eigenvalue weighted by Crippen LogP contribution is 2.11. The molecule has 0 saturated carbocycles. The van der Waals surface area contributed by atoms with Crippen molar-refractivity contribution in [1.29, 1.82) is 5.26 Å². The Bertz CT molecular complexity index is 692. The molecule has 0 spiro atoms. The quantitative estimate of drug-likeness (QED) is 0.514. The van der Waals surface area contributed by atoms with Gasteiger partial charge in [0.1, 0.15) is 6.61 Å². The summed E-state index contributed by atoms with van der Waals surface area (Å²) >= 11 is 0. The first-order chi connectivity index (χ1) is 10.9. The predicted molar refractivity (Wildman–Crippen MR) is 80.8 cm³/mol. The normalized spacial score (nSPS) is 10.6. The maximum absolute atomic E-state index is 11.9. The molecule has 0 aromatic heterocycles. The van der Waals surface area contributed by atoms with E-state index in [1.165, 1.54) is 31.3 Å². The molecule has 0 aliphatic rings. The van der Waals surface area contributed by atoms with Gasteiger partial charge in [-0.05, 0) is 24.3 Å². The molecule has 124 valence electrons. The van der Waals surface area contributed by atoms with Crippen LogP contribution in [0.4, 0.5) is 0 Å². The van der Waals surface area contributed by atoms with E-state index in [-0.39, 0.29) is 42.4 Å². The van der Waals surface area contributed by atoms with Crippen molar-refractivity contribution in [3.05, 3.63) is 29.8 Å². The number of hydrogen-bond acceptors (Lipinski definition) is 6. The van der Waals surface area contributed by atoms with Gasteiger partial charge in [0.25, 0.3) is 0 Å². The molecule has 0 fully saturated rings. The highest BCUT2D eigenvalue weighted by molar-refractivity contribution is 7.89. The summed E-state index contributed by atoms with van der Waals surface area (Å²) < 4.78 is 30.9. The summed E-state index contributed by atoms with van der Waals surface area (Å²) in [5.41, 5.74) is 0.179. The number of nitriles is 1. The molecule has 1 rings (SSSR count). The van der Waals surface area contributed by atoms with Gasteiger partial charge in [0.2, 0.25) is 15.9 Å². The molecule has 0 aliphatic carbocycles. The van der Waals surface area contributed by atoms with Gasteiger partial charge in [-0.25, -0.2) is 17.9 Å². The number of amides is 1. The van der Waals surface area contributed by atoms with E-state index in [2.05, 4.69) is 10.0 Å². The number of sulfonamides is 1. The summed E-state index contributed by atoms with van der Waals surface area (Å²) in [5.74, 6) is -0.891. The topological polar surface area (TPSA) is 125 Å². The van der Waals surface area contributed by atoms with Crippen LogP contribution in [0.25, 0.3) is 0 Å². The molecule has 0 unspecified atom stereocenters. The van der Waals surface area contributed by atoms with Crippen LogP contribution < -0.4 is 10.0 Å². The van der Waals surface area contributed by atoms with Crippen LogP contribution >= 0.6 is 0 Å².